The minimum absolute atomic E-state index is 0.0439. The fourth-order valence-corrected chi connectivity index (χ4v) is 5.20. The van der Waals surface area contributed by atoms with Crippen LogP contribution >= 0.6 is 11.3 Å². The molecule has 1 aliphatic heterocycles. The van der Waals surface area contributed by atoms with Crippen LogP contribution in [0.2, 0.25) is 0 Å². The Balaban J connectivity index is 2.19. The summed E-state index contributed by atoms with van der Waals surface area (Å²) in [7, 11) is -3.00. The molecule has 0 aliphatic carbocycles. The number of fused-ring (bicyclic) bond motifs is 1. The highest BCUT2D eigenvalue weighted by Crippen LogP contribution is 2.27. The van der Waals surface area contributed by atoms with Crippen LogP contribution < -0.4 is 5.56 Å². The van der Waals surface area contributed by atoms with Crippen LogP contribution in [0.4, 0.5) is 0 Å². The van der Waals surface area contributed by atoms with Gasteiger partial charge in [-0.15, -0.1) is 11.3 Å². The zero-order chi connectivity index (χ0) is 13.8. The van der Waals surface area contributed by atoms with Crippen LogP contribution in [-0.2, 0) is 9.84 Å². The van der Waals surface area contributed by atoms with Crippen molar-refractivity contribution in [1.82, 2.24) is 9.55 Å². The summed E-state index contributed by atoms with van der Waals surface area (Å²) in [4.78, 5) is 18.6. The van der Waals surface area contributed by atoms with E-state index in [4.69, 9.17) is 0 Å². The summed E-state index contributed by atoms with van der Waals surface area (Å²) in [6.07, 6.45) is 1.99. The van der Waals surface area contributed by atoms with Crippen molar-refractivity contribution in [1.29, 1.82) is 0 Å². The lowest BCUT2D eigenvalue weighted by Gasteiger charge is -2.11. The van der Waals surface area contributed by atoms with E-state index in [0.29, 0.717) is 11.8 Å². The molecule has 0 spiro atoms. The summed E-state index contributed by atoms with van der Waals surface area (Å²) >= 11 is 1.50. The molecule has 1 atom stereocenters. The maximum absolute atomic E-state index is 12.5. The first-order chi connectivity index (χ1) is 8.89. The maximum atomic E-state index is 12.5. The third-order valence-electron chi connectivity index (χ3n) is 3.72. The van der Waals surface area contributed by atoms with Crippen molar-refractivity contribution in [3.05, 3.63) is 27.1 Å². The number of hydrogen-bond donors (Lipinski definition) is 0. The summed E-state index contributed by atoms with van der Waals surface area (Å²) < 4.78 is 24.5. The summed E-state index contributed by atoms with van der Waals surface area (Å²) in [6.45, 7) is 3.87. The molecule has 102 valence electrons. The minimum atomic E-state index is -3.00. The van der Waals surface area contributed by atoms with Crippen molar-refractivity contribution in [2.24, 2.45) is 0 Å². The molecule has 0 amide bonds. The van der Waals surface area contributed by atoms with Crippen LogP contribution in [0, 0.1) is 13.8 Å². The second-order valence-electron chi connectivity index (χ2n) is 4.98. The molecule has 5 nitrogen and oxygen atoms in total. The number of sulfone groups is 1. The second-order valence-corrected chi connectivity index (χ2v) is 8.41. The number of thiophene rings is 1. The average molecular weight is 298 g/mol. The molecule has 1 saturated heterocycles. The maximum Gasteiger partial charge on any atom is 0.262 e. The van der Waals surface area contributed by atoms with Gasteiger partial charge in [-0.1, -0.05) is 0 Å². The average Bonchev–Trinajstić information content (AvgIpc) is 2.82. The van der Waals surface area contributed by atoms with Crippen molar-refractivity contribution in [2.75, 3.05) is 11.5 Å². The van der Waals surface area contributed by atoms with Gasteiger partial charge in [-0.05, 0) is 25.8 Å². The largest absolute Gasteiger partial charge is 0.294 e. The molecule has 1 fully saturated rings. The second kappa shape index (κ2) is 4.14. The van der Waals surface area contributed by atoms with E-state index in [9.17, 15) is 13.2 Å². The Morgan fingerprint density at radius 2 is 2.16 bits per heavy atom. The predicted molar refractivity (Wildman–Crippen MR) is 75.7 cm³/mol. The van der Waals surface area contributed by atoms with Crippen LogP contribution in [-0.4, -0.2) is 29.5 Å². The van der Waals surface area contributed by atoms with E-state index in [-0.39, 0.29) is 23.1 Å². The van der Waals surface area contributed by atoms with Crippen LogP contribution in [0.25, 0.3) is 10.2 Å². The number of nitrogens with zero attached hydrogens (tertiary/aromatic N) is 2. The first-order valence-electron chi connectivity index (χ1n) is 6.06. The van der Waals surface area contributed by atoms with E-state index < -0.39 is 9.84 Å². The highest BCUT2D eigenvalue weighted by atomic mass is 32.2. The molecule has 0 N–H and O–H groups in total. The molecule has 19 heavy (non-hydrogen) atoms. The van der Waals surface area contributed by atoms with Gasteiger partial charge >= 0.3 is 0 Å². The minimum Gasteiger partial charge on any atom is -0.294 e. The van der Waals surface area contributed by atoms with E-state index in [1.807, 2.05) is 13.8 Å². The predicted octanol–water partition coefficient (Wildman–Crippen LogP) is 1.43. The highest BCUT2D eigenvalue weighted by Gasteiger charge is 2.30. The molecule has 1 aliphatic rings. The molecule has 3 rings (SSSR count). The molecule has 3 heterocycles. The van der Waals surface area contributed by atoms with Gasteiger partial charge in [0, 0.05) is 4.88 Å². The van der Waals surface area contributed by atoms with Gasteiger partial charge in [0.2, 0.25) is 0 Å². The summed E-state index contributed by atoms with van der Waals surface area (Å²) in [6, 6.07) is -0.269. The molecule has 2 aromatic rings. The number of hydrogen-bond acceptors (Lipinski definition) is 5. The third-order valence-corrected chi connectivity index (χ3v) is 6.58. The summed E-state index contributed by atoms with van der Waals surface area (Å²) in [5.41, 5.74) is 0.835. The quantitative estimate of drug-likeness (QED) is 0.798. The number of aryl methyl sites for hydroxylation is 2. The van der Waals surface area contributed by atoms with Gasteiger partial charge in [-0.2, -0.15) is 0 Å². The monoisotopic (exact) mass is 298 g/mol. The van der Waals surface area contributed by atoms with Crippen LogP contribution in [0.5, 0.6) is 0 Å². The van der Waals surface area contributed by atoms with Crippen LogP contribution in [0.1, 0.15) is 22.9 Å². The van der Waals surface area contributed by atoms with Crippen molar-refractivity contribution in [2.45, 2.75) is 26.3 Å². The van der Waals surface area contributed by atoms with Gasteiger partial charge in [0.05, 0.1) is 29.3 Å². The molecule has 0 aromatic carbocycles. The Morgan fingerprint density at radius 1 is 1.42 bits per heavy atom. The lowest BCUT2D eigenvalue weighted by molar-refractivity contribution is 0.534. The Kier molecular flexibility index (Phi) is 2.79. The molecule has 0 saturated carbocycles. The van der Waals surface area contributed by atoms with Gasteiger partial charge in [-0.3, -0.25) is 9.36 Å². The Hall–Kier alpha value is -1.21. The Bertz CT molecular complexity index is 817. The lowest BCUT2D eigenvalue weighted by atomic mass is 10.2. The van der Waals surface area contributed by atoms with Gasteiger partial charge in [0.15, 0.2) is 9.84 Å². The van der Waals surface area contributed by atoms with Crippen molar-refractivity contribution < 1.29 is 8.42 Å². The van der Waals surface area contributed by atoms with Gasteiger partial charge in [0.25, 0.3) is 5.56 Å². The molecule has 7 heteroatoms. The lowest BCUT2D eigenvalue weighted by Crippen LogP contribution is -2.25. The SMILES string of the molecule is Cc1sc2ncn([C@H]3CCS(=O)(=O)C3)c(=O)c2c1C. The van der Waals surface area contributed by atoms with Crippen LogP contribution in [0.15, 0.2) is 11.1 Å². The first-order valence-corrected chi connectivity index (χ1v) is 8.70. The van der Waals surface area contributed by atoms with Gasteiger partial charge < -0.3 is 0 Å². The van der Waals surface area contributed by atoms with Crippen molar-refractivity contribution >= 4 is 31.4 Å². The standard InChI is InChI=1S/C12H14N2O3S2/c1-7-8(2)18-11-10(7)12(15)14(6-13-11)9-3-4-19(16,17)5-9/h6,9H,3-5H2,1-2H3/t9-/m0/s1. The molecule has 0 unspecified atom stereocenters. The van der Waals surface area contributed by atoms with E-state index in [1.54, 1.807) is 0 Å². The fourth-order valence-electron chi connectivity index (χ4n) is 2.50. The molecule has 2 aromatic heterocycles. The Labute approximate surface area is 114 Å². The third kappa shape index (κ3) is 2.01. The fraction of sp³-hybridized carbons (Fsp3) is 0.500. The summed E-state index contributed by atoms with van der Waals surface area (Å²) in [5.74, 6) is 0.200. The Morgan fingerprint density at radius 3 is 2.79 bits per heavy atom. The smallest absolute Gasteiger partial charge is 0.262 e. The number of aromatic nitrogens is 2. The van der Waals surface area contributed by atoms with E-state index in [2.05, 4.69) is 4.98 Å². The van der Waals surface area contributed by atoms with E-state index >= 15 is 0 Å². The van der Waals surface area contributed by atoms with Gasteiger partial charge in [0.1, 0.15) is 4.83 Å². The van der Waals surface area contributed by atoms with E-state index in [0.717, 1.165) is 15.3 Å². The zero-order valence-corrected chi connectivity index (χ0v) is 12.3. The summed E-state index contributed by atoms with van der Waals surface area (Å²) in [5, 5.41) is 0.634. The normalized spacial score (nSPS) is 22.1. The molecule has 0 bridgehead atoms. The van der Waals surface area contributed by atoms with E-state index in [1.165, 1.54) is 22.2 Å². The zero-order valence-electron chi connectivity index (χ0n) is 10.7. The molecule has 0 radical (unpaired) electrons. The van der Waals surface area contributed by atoms with Crippen LogP contribution in [0.3, 0.4) is 0 Å². The molecular formula is C12H14N2O3S2. The topological polar surface area (TPSA) is 69.0 Å². The van der Waals surface area contributed by atoms with Crippen molar-refractivity contribution in [3.8, 4) is 0 Å². The van der Waals surface area contributed by atoms with Crippen molar-refractivity contribution in [3.63, 3.8) is 0 Å². The van der Waals surface area contributed by atoms with Gasteiger partial charge in [-0.25, -0.2) is 13.4 Å². The number of rotatable bonds is 1. The molecular weight excluding hydrogens is 284 g/mol. The highest BCUT2D eigenvalue weighted by molar-refractivity contribution is 7.91. The first kappa shape index (κ1) is 12.8.